The summed E-state index contributed by atoms with van der Waals surface area (Å²) in [5.74, 6) is 0.965. The zero-order valence-corrected chi connectivity index (χ0v) is 11.7. The van der Waals surface area contributed by atoms with Crippen LogP contribution in [0.3, 0.4) is 0 Å². The quantitative estimate of drug-likeness (QED) is 0.844. The van der Waals surface area contributed by atoms with Gasteiger partial charge in [0.1, 0.15) is 11.9 Å². The number of benzene rings is 1. The average molecular weight is 235 g/mol. The van der Waals surface area contributed by atoms with E-state index in [4.69, 9.17) is 4.74 Å². The van der Waals surface area contributed by atoms with Crippen LogP contribution in [-0.4, -0.2) is 18.2 Å². The molecule has 1 rings (SSSR count). The molecule has 0 bridgehead atoms. The molecule has 0 aliphatic carbocycles. The van der Waals surface area contributed by atoms with Gasteiger partial charge in [0.05, 0.1) is 0 Å². The Bertz CT molecular complexity index is 341. The first-order valence-electron chi connectivity index (χ1n) is 6.41. The van der Waals surface area contributed by atoms with E-state index in [0.717, 1.165) is 18.7 Å². The molecule has 2 nitrogen and oxygen atoms in total. The summed E-state index contributed by atoms with van der Waals surface area (Å²) in [7, 11) is 0. The first kappa shape index (κ1) is 14.0. The molecule has 0 aliphatic heterocycles. The number of nitrogens with one attached hydrogen (secondary N) is 1. The Hall–Kier alpha value is -1.02. The van der Waals surface area contributed by atoms with E-state index in [0.29, 0.717) is 0 Å². The molecule has 96 valence electrons. The molecule has 2 heteroatoms. The Morgan fingerprint density at radius 1 is 1.29 bits per heavy atom. The highest BCUT2D eigenvalue weighted by Gasteiger charge is 2.11. The van der Waals surface area contributed by atoms with Crippen molar-refractivity contribution in [3.63, 3.8) is 0 Å². The van der Waals surface area contributed by atoms with Gasteiger partial charge in [-0.3, -0.25) is 0 Å². The van der Waals surface area contributed by atoms with E-state index in [9.17, 15) is 0 Å². The SMILES string of the molecule is CCc1cccc(OC(C)CNC(C)(C)C)c1. The Kier molecular flexibility index (Phi) is 5.01. The van der Waals surface area contributed by atoms with E-state index >= 15 is 0 Å². The van der Waals surface area contributed by atoms with Crippen LogP contribution < -0.4 is 10.1 Å². The first-order valence-corrected chi connectivity index (χ1v) is 6.41. The van der Waals surface area contributed by atoms with Crippen LogP contribution in [0.4, 0.5) is 0 Å². The Morgan fingerprint density at radius 2 is 2.00 bits per heavy atom. The molecule has 1 aromatic carbocycles. The fourth-order valence-corrected chi connectivity index (χ4v) is 1.56. The summed E-state index contributed by atoms with van der Waals surface area (Å²) in [5.41, 5.74) is 1.46. The molecular weight excluding hydrogens is 210 g/mol. The maximum atomic E-state index is 5.89. The summed E-state index contributed by atoms with van der Waals surface area (Å²) in [6.07, 6.45) is 1.23. The molecule has 1 aromatic rings. The molecule has 0 fully saturated rings. The van der Waals surface area contributed by atoms with Crippen LogP contribution >= 0.6 is 0 Å². The first-order chi connectivity index (χ1) is 7.90. The largest absolute Gasteiger partial charge is 0.489 e. The van der Waals surface area contributed by atoms with Gasteiger partial charge in [0.15, 0.2) is 0 Å². The number of aryl methyl sites for hydroxylation is 1. The van der Waals surface area contributed by atoms with E-state index in [-0.39, 0.29) is 11.6 Å². The zero-order valence-electron chi connectivity index (χ0n) is 11.7. The fraction of sp³-hybridized carbons (Fsp3) is 0.600. The maximum Gasteiger partial charge on any atom is 0.120 e. The molecule has 1 N–H and O–H groups in total. The minimum Gasteiger partial charge on any atom is -0.489 e. The van der Waals surface area contributed by atoms with Crippen molar-refractivity contribution in [3.8, 4) is 5.75 Å². The van der Waals surface area contributed by atoms with Crippen molar-refractivity contribution in [2.24, 2.45) is 0 Å². The van der Waals surface area contributed by atoms with E-state index in [1.54, 1.807) is 0 Å². The topological polar surface area (TPSA) is 21.3 Å². The smallest absolute Gasteiger partial charge is 0.120 e. The summed E-state index contributed by atoms with van der Waals surface area (Å²) >= 11 is 0. The van der Waals surface area contributed by atoms with Crippen LogP contribution in [0.15, 0.2) is 24.3 Å². The van der Waals surface area contributed by atoms with Crippen molar-refractivity contribution >= 4 is 0 Å². The highest BCUT2D eigenvalue weighted by Crippen LogP contribution is 2.15. The second kappa shape index (κ2) is 6.06. The third-order valence-corrected chi connectivity index (χ3v) is 2.56. The van der Waals surface area contributed by atoms with Crippen LogP contribution in [-0.2, 0) is 6.42 Å². The van der Waals surface area contributed by atoms with Crippen molar-refractivity contribution in [1.29, 1.82) is 0 Å². The van der Waals surface area contributed by atoms with Crippen LogP contribution in [0.1, 0.15) is 40.2 Å². The highest BCUT2D eigenvalue weighted by atomic mass is 16.5. The summed E-state index contributed by atoms with van der Waals surface area (Å²) < 4.78 is 5.89. The van der Waals surface area contributed by atoms with Gasteiger partial charge in [0, 0.05) is 12.1 Å². The normalized spacial score (nSPS) is 13.5. The molecule has 0 heterocycles. The molecule has 0 spiro atoms. The summed E-state index contributed by atoms with van der Waals surface area (Å²) in [4.78, 5) is 0. The Labute approximate surface area is 105 Å². The van der Waals surface area contributed by atoms with Crippen LogP contribution in [0.25, 0.3) is 0 Å². The standard InChI is InChI=1S/C15H25NO/c1-6-13-8-7-9-14(10-13)17-12(2)11-16-15(3,4)5/h7-10,12,16H,6,11H2,1-5H3. The van der Waals surface area contributed by atoms with Crippen LogP contribution in [0.5, 0.6) is 5.75 Å². The predicted octanol–water partition coefficient (Wildman–Crippen LogP) is 3.40. The maximum absolute atomic E-state index is 5.89. The molecule has 1 unspecified atom stereocenters. The summed E-state index contributed by atoms with van der Waals surface area (Å²) in [6.45, 7) is 11.6. The number of hydrogen-bond donors (Lipinski definition) is 1. The van der Waals surface area contributed by atoms with Gasteiger partial charge in [0.2, 0.25) is 0 Å². The molecule has 0 saturated carbocycles. The van der Waals surface area contributed by atoms with Gasteiger partial charge < -0.3 is 10.1 Å². The lowest BCUT2D eigenvalue weighted by Crippen LogP contribution is -2.41. The fourth-order valence-electron chi connectivity index (χ4n) is 1.56. The molecule has 0 aromatic heterocycles. The zero-order chi connectivity index (χ0) is 12.9. The van der Waals surface area contributed by atoms with Crippen molar-refractivity contribution in [2.75, 3.05) is 6.54 Å². The molecular formula is C15H25NO. The molecule has 0 radical (unpaired) electrons. The van der Waals surface area contributed by atoms with E-state index in [1.807, 2.05) is 6.07 Å². The molecule has 0 aliphatic rings. The average Bonchev–Trinajstić information content (AvgIpc) is 2.26. The number of ether oxygens (including phenoxy) is 1. The highest BCUT2D eigenvalue weighted by molar-refractivity contribution is 5.28. The third-order valence-electron chi connectivity index (χ3n) is 2.56. The number of hydrogen-bond acceptors (Lipinski definition) is 2. The van der Waals surface area contributed by atoms with E-state index in [2.05, 4.69) is 58.1 Å². The van der Waals surface area contributed by atoms with Crippen molar-refractivity contribution in [1.82, 2.24) is 5.32 Å². The summed E-state index contributed by atoms with van der Waals surface area (Å²) in [6, 6.07) is 8.32. The minimum atomic E-state index is 0.142. The van der Waals surface area contributed by atoms with Gasteiger partial charge in [-0.05, 0) is 51.8 Å². The second-order valence-corrected chi connectivity index (χ2v) is 5.56. The molecule has 1 atom stereocenters. The molecule has 0 saturated heterocycles. The van der Waals surface area contributed by atoms with Gasteiger partial charge >= 0.3 is 0 Å². The monoisotopic (exact) mass is 235 g/mol. The second-order valence-electron chi connectivity index (χ2n) is 5.56. The number of rotatable bonds is 5. The molecule has 0 amide bonds. The van der Waals surface area contributed by atoms with Crippen molar-refractivity contribution < 1.29 is 4.74 Å². The third kappa shape index (κ3) is 5.73. The molecule has 17 heavy (non-hydrogen) atoms. The predicted molar refractivity (Wildman–Crippen MR) is 73.7 cm³/mol. The van der Waals surface area contributed by atoms with E-state index < -0.39 is 0 Å². The van der Waals surface area contributed by atoms with Crippen LogP contribution in [0, 0.1) is 0 Å². The Balaban J connectivity index is 2.47. The van der Waals surface area contributed by atoms with Crippen LogP contribution in [0.2, 0.25) is 0 Å². The van der Waals surface area contributed by atoms with Gasteiger partial charge in [-0.15, -0.1) is 0 Å². The Morgan fingerprint density at radius 3 is 2.59 bits per heavy atom. The van der Waals surface area contributed by atoms with Gasteiger partial charge in [-0.1, -0.05) is 19.1 Å². The van der Waals surface area contributed by atoms with E-state index in [1.165, 1.54) is 5.56 Å². The van der Waals surface area contributed by atoms with Gasteiger partial charge in [-0.25, -0.2) is 0 Å². The van der Waals surface area contributed by atoms with Gasteiger partial charge in [-0.2, -0.15) is 0 Å². The minimum absolute atomic E-state index is 0.142. The lowest BCUT2D eigenvalue weighted by atomic mass is 10.1. The summed E-state index contributed by atoms with van der Waals surface area (Å²) in [5, 5.41) is 3.45. The van der Waals surface area contributed by atoms with Gasteiger partial charge in [0.25, 0.3) is 0 Å². The van der Waals surface area contributed by atoms with Crippen molar-refractivity contribution in [3.05, 3.63) is 29.8 Å². The lowest BCUT2D eigenvalue weighted by molar-refractivity contribution is 0.203. The van der Waals surface area contributed by atoms with Crippen molar-refractivity contribution in [2.45, 2.75) is 52.7 Å². The lowest BCUT2D eigenvalue weighted by Gasteiger charge is -2.24.